The fraction of sp³-hybridized carbons (Fsp3) is 0.636. The van der Waals surface area contributed by atoms with Gasteiger partial charge in [0.25, 0.3) is 21.6 Å². The van der Waals surface area contributed by atoms with Crippen LogP contribution in [-0.4, -0.2) is 53.3 Å². The summed E-state index contributed by atoms with van der Waals surface area (Å²) in [5.74, 6) is -1.72. The first-order chi connectivity index (χ1) is 12.0. The summed E-state index contributed by atoms with van der Waals surface area (Å²) in [6, 6.07) is -2.02. The summed E-state index contributed by atoms with van der Waals surface area (Å²) in [7, 11) is -4.94. The van der Waals surface area contributed by atoms with Gasteiger partial charge in [0, 0.05) is 6.04 Å². The van der Waals surface area contributed by atoms with E-state index in [1.54, 1.807) is 0 Å². The Labute approximate surface area is 149 Å². The third-order valence-corrected chi connectivity index (χ3v) is 6.68. The van der Waals surface area contributed by atoms with E-state index in [2.05, 4.69) is 10.2 Å². The molecular weight excluding hydrogens is 401 g/mol. The molecule has 26 heavy (non-hydrogen) atoms. The molecule has 0 spiro atoms. The van der Waals surface area contributed by atoms with Crippen LogP contribution < -0.4 is 15.8 Å². The first-order valence-corrected chi connectivity index (χ1v) is 9.63. The van der Waals surface area contributed by atoms with Crippen molar-refractivity contribution in [1.29, 1.82) is 0 Å². The fourth-order valence-corrected chi connectivity index (χ4v) is 4.99. The van der Waals surface area contributed by atoms with Crippen LogP contribution in [0.2, 0.25) is 0 Å². The normalized spacial score (nSPS) is 25.1. The second-order valence-corrected chi connectivity index (χ2v) is 8.67. The van der Waals surface area contributed by atoms with Gasteiger partial charge in [-0.05, 0) is 12.8 Å². The summed E-state index contributed by atoms with van der Waals surface area (Å²) < 4.78 is 66.0. The molecule has 4 N–H and O–H groups in total. The van der Waals surface area contributed by atoms with Crippen LogP contribution in [0.1, 0.15) is 25.7 Å². The lowest BCUT2D eigenvalue weighted by Gasteiger charge is -2.29. The number of carbonyl (C=O) groups is 2. The summed E-state index contributed by atoms with van der Waals surface area (Å²) >= 11 is 0.316. The molecule has 2 aliphatic rings. The number of imide groups is 1. The molecule has 1 saturated heterocycles. The predicted octanol–water partition coefficient (Wildman–Crippen LogP) is 0.152. The second kappa shape index (κ2) is 6.02. The van der Waals surface area contributed by atoms with Crippen LogP contribution in [0.15, 0.2) is 4.34 Å². The highest BCUT2D eigenvalue weighted by atomic mass is 32.2. The van der Waals surface area contributed by atoms with E-state index < -0.39 is 44.2 Å². The molecule has 144 valence electrons. The van der Waals surface area contributed by atoms with Gasteiger partial charge in [0.05, 0.1) is 0 Å². The molecule has 3 rings (SSSR count). The summed E-state index contributed by atoms with van der Waals surface area (Å²) in [5, 5.41) is 7.56. The van der Waals surface area contributed by atoms with Gasteiger partial charge < -0.3 is 11.1 Å². The third-order valence-electron chi connectivity index (χ3n) is 4.11. The Kier molecular flexibility index (Phi) is 4.35. The Morgan fingerprint density at radius 2 is 1.88 bits per heavy atom. The maximum atomic E-state index is 13.7. The zero-order valence-electron chi connectivity index (χ0n) is 12.9. The van der Waals surface area contributed by atoms with E-state index in [1.807, 2.05) is 0 Å². The van der Waals surface area contributed by atoms with Crippen LogP contribution in [0.5, 0.6) is 0 Å². The number of amides is 3. The average Bonchev–Trinajstić information content (AvgIpc) is 3.20. The van der Waals surface area contributed by atoms with Gasteiger partial charge in [-0.15, -0.1) is 10.2 Å². The summed E-state index contributed by atoms with van der Waals surface area (Å²) in [5.41, 5.74) is 1.43. The average molecular weight is 414 g/mol. The molecule has 0 aromatic carbocycles. The van der Waals surface area contributed by atoms with Gasteiger partial charge in [-0.3, -0.25) is 9.69 Å². The molecule has 1 aliphatic heterocycles. The molecule has 10 nitrogen and oxygen atoms in total. The van der Waals surface area contributed by atoms with Crippen molar-refractivity contribution in [1.82, 2.24) is 25.1 Å². The molecule has 1 atom stereocenters. The summed E-state index contributed by atoms with van der Waals surface area (Å²) in [6.07, 6.45) is -3.43. The molecule has 0 radical (unpaired) electrons. The highest BCUT2D eigenvalue weighted by Gasteiger charge is 2.70. The lowest BCUT2D eigenvalue weighted by molar-refractivity contribution is -0.198. The minimum atomic E-state index is -5.43. The van der Waals surface area contributed by atoms with Crippen LogP contribution in [-0.2, 0) is 14.8 Å². The largest absolute Gasteiger partial charge is 0.435 e. The number of alkyl halides is 3. The quantitative estimate of drug-likeness (QED) is 0.594. The molecule has 1 aliphatic carbocycles. The Balaban J connectivity index is 2.01. The van der Waals surface area contributed by atoms with Crippen molar-refractivity contribution in [3.05, 3.63) is 0 Å². The SMILES string of the molecule is Nc1nnc(S(=O)(=O)NC2(C(F)(F)F)NC(=O)N(C3CCCC3)C2=O)s1. The van der Waals surface area contributed by atoms with E-state index >= 15 is 0 Å². The first kappa shape index (κ1) is 18.8. The van der Waals surface area contributed by atoms with Gasteiger partial charge in [-0.25, -0.2) is 13.2 Å². The third kappa shape index (κ3) is 2.88. The zero-order chi connectivity index (χ0) is 19.3. The standard InChI is InChI=1S/C11H13F3N6O4S2/c12-11(13,14)10(19-26(23,24)9-18-17-7(15)25-9)6(21)20(8(22)16-10)5-3-1-2-4-5/h5,19H,1-4H2,(H2,15,17)(H,16,22). The molecule has 0 bridgehead atoms. The molecule has 2 heterocycles. The number of nitrogens with one attached hydrogen (secondary N) is 2. The summed E-state index contributed by atoms with van der Waals surface area (Å²) in [4.78, 5) is 25.0. The zero-order valence-corrected chi connectivity index (χ0v) is 14.5. The number of hydrogen-bond acceptors (Lipinski definition) is 8. The van der Waals surface area contributed by atoms with E-state index in [0.717, 1.165) is 0 Å². The predicted molar refractivity (Wildman–Crippen MR) is 81.1 cm³/mol. The maximum absolute atomic E-state index is 13.7. The van der Waals surface area contributed by atoms with Gasteiger partial charge in [-0.2, -0.15) is 17.9 Å². The fourth-order valence-electron chi connectivity index (χ4n) is 2.93. The van der Waals surface area contributed by atoms with E-state index in [0.29, 0.717) is 41.9 Å². The molecule has 15 heteroatoms. The number of urea groups is 1. The topological polar surface area (TPSA) is 147 Å². The van der Waals surface area contributed by atoms with Gasteiger partial charge in [-0.1, -0.05) is 24.2 Å². The van der Waals surface area contributed by atoms with Crippen molar-refractivity contribution in [3.8, 4) is 0 Å². The Hall–Kier alpha value is -2.00. The van der Waals surface area contributed by atoms with Crippen LogP contribution >= 0.6 is 11.3 Å². The number of nitrogens with two attached hydrogens (primary N) is 1. The number of hydrogen-bond donors (Lipinski definition) is 3. The van der Waals surface area contributed by atoms with Crippen molar-refractivity contribution in [2.24, 2.45) is 0 Å². The Morgan fingerprint density at radius 1 is 1.27 bits per heavy atom. The summed E-state index contributed by atoms with van der Waals surface area (Å²) in [6.45, 7) is 0. The molecule has 1 unspecified atom stereocenters. The minimum absolute atomic E-state index is 0.291. The highest BCUT2D eigenvalue weighted by Crippen LogP contribution is 2.38. The first-order valence-electron chi connectivity index (χ1n) is 7.33. The van der Waals surface area contributed by atoms with Gasteiger partial charge in [0.15, 0.2) is 0 Å². The Bertz CT molecular complexity index is 850. The highest BCUT2D eigenvalue weighted by molar-refractivity contribution is 7.91. The van der Waals surface area contributed by atoms with Gasteiger partial charge in [0.2, 0.25) is 9.47 Å². The number of halogens is 3. The monoisotopic (exact) mass is 414 g/mol. The Morgan fingerprint density at radius 3 is 2.38 bits per heavy atom. The van der Waals surface area contributed by atoms with E-state index in [4.69, 9.17) is 5.73 Å². The number of carbonyl (C=O) groups excluding carboxylic acids is 2. The number of anilines is 1. The van der Waals surface area contributed by atoms with E-state index in [1.165, 1.54) is 10.0 Å². The van der Waals surface area contributed by atoms with Gasteiger partial charge >= 0.3 is 12.2 Å². The lowest BCUT2D eigenvalue weighted by Crippen LogP contribution is -2.69. The number of sulfonamides is 1. The van der Waals surface area contributed by atoms with Crippen LogP contribution in [0.25, 0.3) is 0 Å². The number of aromatic nitrogens is 2. The molecule has 1 aromatic rings. The van der Waals surface area contributed by atoms with E-state index in [9.17, 15) is 31.2 Å². The van der Waals surface area contributed by atoms with Crippen LogP contribution in [0, 0.1) is 0 Å². The minimum Gasteiger partial charge on any atom is -0.374 e. The van der Waals surface area contributed by atoms with Crippen molar-refractivity contribution in [2.75, 3.05) is 5.73 Å². The van der Waals surface area contributed by atoms with E-state index in [-0.39, 0.29) is 5.13 Å². The van der Waals surface area contributed by atoms with Gasteiger partial charge in [0.1, 0.15) is 0 Å². The van der Waals surface area contributed by atoms with Crippen molar-refractivity contribution < 1.29 is 31.2 Å². The van der Waals surface area contributed by atoms with Crippen molar-refractivity contribution in [2.45, 2.75) is 47.9 Å². The second-order valence-electron chi connectivity index (χ2n) is 5.80. The molecular formula is C11H13F3N6O4S2. The molecule has 3 amide bonds. The van der Waals surface area contributed by atoms with Crippen LogP contribution in [0.3, 0.4) is 0 Å². The smallest absolute Gasteiger partial charge is 0.374 e. The van der Waals surface area contributed by atoms with Crippen LogP contribution in [0.4, 0.5) is 23.1 Å². The maximum Gasteiger partial charge on any atom is 0.435 e. The number of nitrogens with zero attached hydrogens (tertiary/aromatic N) is 3. The number of nitrogen functional groups attached to an aromatic ring is 1. The lowest BCUT2D eigenvalue weighted by atomic mass is 10.1. The van der Waals surface area contributed by atoms with Crippen molar-refractivity contribution in [3.63, 3.8) is 0 Å². The molecule has 2 fully saturated rings. The molecule has 1 saturated carbocycles. The van der Waals surface area contributed by atoms with Crippen molar-refractivity contribution >= 4 is 38.4 Å². The number of rotatable bonds is 4. The molecule has 1 aromatic heterocycles.